The second-order valence-corrected chi connectivity index (χ2v) is 6.90. The molecule has 1 rings (SSSR count). The van der Waals surface area contributed by atoms with Gasteiger partial charge in [-0.1, -0.05) is 12.1 Å². The largest absolute Gasteiger partial charge is 0.383 e. The number of nitrogens with one attached hydrogen (secondary N) is 1. The predicted octanol–water partition coefficient (Wildman–Crippen LogP) is 1.08. The molecule has 0 unspecified atom stereocenters. The number of amides is 1. The normalized spacial score (nSPS) is 11.5. The van der Waals surface area contributed by atoms with Crippen molar-refractivity contribution in [3.05, 3.63) is 29.3 Å². The van der Waals surface area contributed by atoms with Gasteiger partial charge in [0.05, 0.1) is 11.5 Å². The summed E-state index contributed by atoms with van der Waals surface area (Å²) in [6.07, 6.45) is 0. The molecule has 1 aromatic carbocycles. The van der Waals surface area contributed by atoms with Gasteiger partial charge in [-0.05, 0) is 31.0 Å². The molecule has 22 heavy (non-hydrogen) atoms. The van der Waals surface area contributed by atoms with Crippen LogP contribution in [-0.2, 0) is 19.6 Å². The number of carbonyl (C=O) groups is 1. The lowest BCUT2D eigenvalue weighted by Crippen LogP contribution is -2.39. The second-order valence-electron chi connectivity index (χ2n) is 5.17. The van der Waals surface area contributed by atoms with Gasteiger partial charge in [0, 0.05) is 33.7 Å². The molecule has 1 aromatic rings. The van der Waals surface area contributed by atoms with E-state index in [1.165, 1.54) is 6.92 Å². The Morgan fingerprint density at radius 2 is 1.95 bits per heavy atom. The molecule has 1 N–H and O–H groups in total. The zero-order valence-corrected chi connectivity index (χ0v) is 14.4. The van der Waals surface area contributed by atoms with E-state index in [0.717, 1.165) is 5.56 Å². The highest BCUT2D eigenvalue weighted by Gasteiger charge is 2.17. The van der Waals surface area contributed by atoms with E-state index in [4.69, 9.17) is 4.74 Å². The third-order valence-electron chi connectivity index (χ3n) is 3.32. The van der Waals surface area contributed by atoms with Crippen LogP contribution in [0.4, 0.5) is 0 Å². The molecule has 0 saturated carbocycles. The molecule has 0 aliphatic heterocycles. The van der Waals surface area contributed by atoms with Crippen LogP contribution in [0.5, 0.6) is 0 Å². The van der Waals surface area contributed by atoms with E-state index in [9.17, 15) is 13.2 Å². The van der Waals surface area contributed by atoms with Crippen LogP contribution in [-0.4, -0.2) is 52.6 Å². The summed E-state index contributed by atoms with van der Waals surface area (Å²) in [6.45, 7) is 6.40. The number of benzene rings is 1. The van der Waals surface area contributed by atoms with Crippen LogP contribution in [0.3, 0.4) is 0 Å². The highest BCUT2D eigenvalue weighted by molar-refractivity contribution is 7.89. The molecular weight excluding hydrogens is 304 g/mol. The summed E-state index contributed by atoms with van der Waals surface area (Å²) >= 11 is 0. The van der Waals surface area contributed by atoms with Crippen molar-refractivity contribution in [1.82, 2.24) is 9.62 Å². The van der Waals surface area contributed by atoms with E-state index in [2.05, 4.69) is 4.72 Å². The molecule has 0 bridgehead atoms. The minimum absolute atomic E-state index is 0.108. The van der Waals surface area contributed by atoms with Crippen LogP contribution >= 0.6 is 0 Å². The molecule has 0 aliphatic carbocycles. The lowest BCUT2D eigenvalue weighted by molar-refractivity contribution is -0.129. The first kappa shape index (κ1) is 18.6. The lowest BCUT2D eigenvalue weighted by Gasteiger charge is -2.21. The summed E-state index contributed by atoms with van der Waals surface area (Å²) < 4.78 is 32.1. The van der Waals surface area contributed by atoms with Crippen molar-refractivity contribution in [2.75, 3.05) is 33.4 Å². The maximum atomic E-state index is 12.3. The maximum absolute atomic E-state index is 12.3. The van der Waals surface area contributed by atoms with E-state index in [1.54, 1.807) is 31.1 Å². The minimum atomic E-state index is -3.57. The van der Waals surface area contributed by atoms with E-state index in [0.29, 0.717) is 25.3 Å². The Morgan fingerprint density at radius 1 is 1.27 bits per heavy atom. The fraction of sp³-hybridized carbons (Fsp3) is 0.533. The van der Waals surface area contributed by atoms with Crippen molar-refractivity contribution in [3.8, 4) is 0 Å². The fourth-order valence-corrected chi connectivity index (χ4v) is 3.37. The molecule has 0 aliphatic rings. The van der Waals surface area contributed by atoms with Gasteiger partial charge in [0.15, 0.2) is 0 Å². The van der Waals surface area contributed by atoms with Gasteiger partial charge in [-0.2, -0.15) is 0 Å². The minimum Gasteiger partial charge on any atom is -0.383 e. The average molecular weight is 328 g/mol. The first-order chi connectivity index (χ1) is 10.3. The quantitative estimate of drug-likeness (QED) is 0.775. The van der Waals surface area contributed by atoms with Crippen molar-refractivity contribution in [2.45, 2.75) is 25.7 Å². The van der Waals surface area contributed by atoms with Gasteiger partial charge in [0.1, 0.15) is 0 Å². The number of sulfonamides is 1. The number of ether oxygens (including phenoxy) is 1. The zero-order chi connectivity index (χ0) is 16.8. The molecule has 0 spiro atoms. The standard InChI is InChI=1S/C15H24N2O4S/c1-12-5-6-13(2)15(11-12)22(19,20)16-7-8-17(14(3)18)9-10-21-4/h5-6,11,16H,7-10H2,1-4H3. The van der Waals surface area contributed by atoms with Crippen molar-refractivity contribution < 1.29 is 17.9 Å². The van der Waals surface area contributed by atoms with E-state index in [1.807, 2.05) is 13.0 Å². The number of nitrogens with zero attached hydrogens (tertiary/aromatic N) is 1. The number of methoxy groups -OCH3 is 1. The number of rotatable bonds is 8. The smallest absolute Gasteiger partial charge is 0.240 e. The van der Waals surface area contributed by atoms with Gasteiger partial charge in [0.25, 0.3) is 0 Å². The fourth-order valence-electron chi connectivity index (χ4n) is 2.02. The van der Waals surface area contributed by atoms with Crippen LogP contribution in [0.1, 0.15) is 18.1 Å². The summed E-state index contributed by atoms with van der Waals surface area (Å²) in [5, 5.41) is 0. The molecule has 124 valence electrons. The van der Waals surface area contributed by atoms with Crippen molar-refractivity contribution >= 4 is 15.9 Å². The Balaban J connectivity index is 2.69. The van der Waals surface area contributed by atoms with Crippen LogP contribution in [0.2, 0.25) is 0 Å². The molecule has 6 nitrogen and oxygen atoms in total. The van der Waals surface area contributed by atoms with Crippen LogP contribution in [0, 0.1) is 13.8 Å². The molecule has 0 fully saturated rings. The van der Waals surface area contributed by atoms with Gasteiger partial charge in [-0.25, -0.2) is 13.1 Å². The summed E-state index contributed by atoms with van der Waals surface area (Å²) in [6, 6.07) is 5.30. The van der Waals surface area contributed by atoms with Crippen molar-refractivity contribution in [3.63, 3.8) is 0 Å². The third-order valence-corrected chi connectivity index (χ3v) is 4.92. The number of hydrogen-bond acceptors (Lipinski definition) is 4. The summed E-state index contributed by atoms with van der Waals surface area (Å²) in [7, 11) is -2.02. The predicted molar refractivity (Wildman–Crippen MR) is 85.2 cm³/mol. The monoisotopic (exact) mass is 328 g/mol. The molecule has 0 aromatic heterocycles. The van der Waals surface area contributed by atoms with Gasteiger partial charge in [-0.15, -0.1) is 0 Å². The molecule has 0 saturated heterocycles. The van der Waals surface area contributed by atoms with E-state index >= 15 is 0 Å². The van der Waals surface area contributed by atoms with Crippen LogP contribution in [0.15, 0.2) is 23.1 Å². The first-order valence-electron chi connectivity index (χ1n) is 7.09. The van der Waals surface area contributed by atoms with Gasteiger partial charge < -0.3 is 9.64 Å². The summed E-state index contributed by atoms with van der Waals surface area (Å²) in [5.74, 6) is -0.108. The molecule has 7 heteroatoms. The van der Waals surface area contributed by atoms with Crippen LogP contribution < -0.4 is 4.72 Å². The third kappa shape index (κ3) is 5.40. The summed E-state index contributed by atoms with van der Waals surface area (Å²) in [5.41, 5.74) is 1.58. The SMILES string of the molecule is COCCN(CCNS(=O)(=O)c1cc(C)ccc1C)C(C)=O. The van der Waals surface area contributed by atoms with Gasteiger partial charge in [-0.3, -0.25) is 4.79 Å². The Hall–Kier alpha value is -1.44. The zero-order valence-electron chi connectivity index (χ0n) is 13.5. The maximum Gasteiger partial charge on any atom is 0.240 e. The Labute approximate surface area is 132 Å². The first-order valence-corrected chi connectivity index (χ1v) is 8.57. The molecule has 0 atom stereocenters. The molecule has 0 heterocycles. The highest BCUT2D eigenvalue weighted by Crippen LogP contribution is 2.16. The lowest BCUT2D eigenvalue weighted by atomic mass is 10.2. The second kappa shape index (κ2) is 8.26. The van der Waals surface area contributed by atoms with Crippen molar-refractivity contribution in [1.29, 1.82) is 0 Å². The molecule has 1 amide bonds. The van der Waals surface area contributed by atoms with Crippen LogP contribution in [0.25, 0.3) is 0 Å². The number of carbonyl (C=O) groups excluding carboxylic acids is 1. The highest BCUT2D eigenvalue weighted by atomic mass is 32.2. The Morgan fingerprint density at radius 3 is 2.55 bits per heavy atom. The average Bonchev–Trinajstić information content (AvgIpc) is 2.44. The number of aryl methyl sites for hydroxylation is 2. The van der Waals surface area contributed by atoms with Gasteiger partial charge >= 0.3 is 0 Å². The molecule has 0 radical (unpaired) electrons. The Bertz CT molecular complexity index is 614. The Kier molecular flexibility index (Phi) is 6.99. The number of hydrogen-bond donors (Lipinski definition) is 1. The topological polar surface area (TPSA) is 75.7 Å². The molecular formula is C15H24N2O4S. The van der Waals surface area contributed by atoms with Gasteiger partial charge in [0.2, 0.25) is 15.9 Å². The van der Waals surface area contributed by atoms with E-state index in [-0.39, 0.29) is 17.3 Å². The van der Waals surface area contributed by atoms with E-state index < -0.39 is 10.0 Å². The van der Waals surface area contributed by atoms with Crippen molar-refractivity contribution in [2.24, 2.45) is 0 Å². The summed E-state index contributed by atoms with van der Waals surface area (Å²) in [4.78, 5) is 13.3.